The quantitative estimate of drug-likeness (QED) is 0.552. The zero-order chi connectivity index (χ0) is 10.1. The maximum Gasteiger partial charge on any atom is 0.290 e. The Morgan fingerprint density at radius 2 is 1.77 bits per heavy atom. The molecule has 0 saturated heterocycles. The second-order valence-corrected chi connectivity index (χ2v) is 3.46. The third-order valence-electron chi connectivity index (χ3n) is 2.47. The highest BCUT2D eigenvalue weighted by molar-refractivity contribution is 5.32. The van der Waals surface area contributed by atoms with E-state index in [1.54, 1.807) is 0 Å². The normalized spacial score (nSPS) is 27.2. The van der Waals surface area contributed by atoms with Crippen LogP contribution in [0.2, 0.25) is 0 Å². The second-order valence-electron chi connectivity index (χ2n) is 3.46. The van der Waals surface area contributed by atoms with Crippen molar-refractivity contribution in [3.63, 3.8) is 0 Å². The Morgan fingerprint density at radius 1 is 1.31 bits per heavy atom. The predicted octanol–water partition coefficient (Wildman–Crippen LogP) is 0.553. The third-order valence-corrected chi connectivity index (χ3v) is 2.47. The molecule has 0 aromatic heterocycles. The van der Waals surface area contributed by atoms with Crippen LogP contribution < -0.4 is 11.5 Å². The topological polar surface area (TPSA) is 89.3 Å². The molecule has 0 spiro atoms. The minimum atomic E-state index is -0.250. The molecule has 13 heavy (non-hydrogen) atoms. The van der Waals surface area contributed by atoms with Gasteiger partial charge in [0.15, 0.2) is 0 Å². The van der Waals surface area contributed by atoms with E-state index in [-0.39, 0.29) is 6.47 Å². The summed E-state index contributed by atoms with van der Waals surface area (Å²) in [5, 5.41) is 6.89. The molecule has 4 heteroatoms. The summed E-state index contributed by atoms with van der Waals surface area (Å²) < 4.78 is 0. The maximum atomic E-state index is 8.36. The van der Waals surface area contributed by atoms with Gasteiger partial charge in [0, 0.05) is 6.04 Å². The molecule has 78 valence electrons. The zero-order valence-corrected chi connectivity index (χ0v) is 7.98. The molecule has 0 aromatic rings. The Morgan fingerprint density at radius 3 is 2.15 bits per heavy atom. The van der Waals surface area contributed by atoms with E-state index in [1.807, 2.05) is 0 Å². The van der Waals surface area contributed by atoms with Gasteiger partial charge in [-0.2, -0.15) is 0 Å². The summed E-state index contributed by atoms with van der Waals surface area (Å²) in [6.07, 6.45) is 6.23. The summed E-state index contributed by atoms with van der Waals surface area (Å²) >= 11 is 0. The van der Waals surface area contributed by atoms with Crippen molar-refractivity contribution in [1.82, 2.24) is 0 Å². The molecule has 0 unspecified atom stereocenters. The fraction of sp³-hybridized carbons (Fsp3) is 0.889. The van der Waals surface area contributed by atoms with E-state index in [1.165, 1.54) is 32.1 Å². The smallest absolute Gasteiger partial charge is 0.290 e. The number of carboxylic acid groups (broad SMARTS) is 1. The van der Waals surface area contributed by atoms with Crippen molar-refractivity contribution in [1.29, 1.82) is 0 Å². The lowest BCUT2D eigenvalue weighted by atomic mass is 9.85. The van der Waals surface area contributed by atoms with Crippen LogP contribution in [0.1, 0.15) is 32.1 Å². The average Bonchev–Trinajstić information content (AvgIpc) is 2.11. The molecule has 0 bridgehead atoms. The highest BCUT2D eigenvalue weighted by atomic mass is 16.3. The number of hydrogen-bond acceptors (Lipinski definition) is 3. The van der Waals surface area contributed by atoms with Gasteiger partial charge in [0.05, 0.1) is 0 Å². The Bertz CT molecular complexity index is 123. The van der Waals surface area contributed by atoms with E-state index in [9.17, 15) is 0 Å². The molecular formula is C9H20N2O2. The lowest BCUT2D eigenvalue weighted by molar-refractivity contribution is -0.122. The van der Waals surface area contributed by atoms with Gasteiger partial charge >= 0.3 is 0 Å². The number of nitrogens with two attached hydrogens (primary N) is 2. The van der Waals surface area contributed by atoms with Crippen LogP contribution in [0, 0.1) is 5.92 Å². The predicted molar refractivity (Wildman–Crippen MR) is 52.3 cm³/mol. The average molecular weight is 188 g/mol. The lowest BCUT2D eigenvalue weighted by Crippen LogP contribution is -2.27. The lowest BCUT2D eigenvalue weighted by Gasteiger charge is -2.25. The van der Waals surface area contributed by atoms with Crippen molar-refractivity contribution in [3.8, 4) is 0 Å². The van der Waals surface area contributed by atoms with Gasteiger partial charge in [0.1, 0.15) is 0 Å². The van der Waals surface area contributed by atoms with Crippen LogP contribution in [0.4, 0.5) is 0 Å². The fourth-order valence-corrected chi connectivity index (χ4v) is 1.71. The third kappa shape index (κ3) is 6.54. The van der Waals surface area contributed by atoms with Crippen molar-refractivity contribution < 1.29 is 9.90 Å². The number of carbonyl (C=O) groups is 1. The van der Waals surface area contributed by atoms with Crippen molar-refractivity contribution in [2.45, 2.75) is 38.1 Å². The summed E-state index contributed by atoms with van der Waals surface area (Å²) in [7, 11) is 0. The summed E-state index contributed by atoms with van der Waals surface area (Å²) in [6, 6.07) is 0.481. The van der Waals surface area contributed by atoms with Crippen LogP contribution in [0.25, 0.3) is 0 Å². The zero-order valence-electron chi connectivity index (χ0n) is 7.98. The molecular weight excluding hydrogens is 168 g/mol. The summed E-state index contributed by atoms with van der Waals surface area (Å²) in [4.78, 5) is 8.36. The summed E-state index contributed by atoms with van der Waals surface area (Å²) in [6.45, 7) is 0.597. The van der Waals surface area contributed by atoms with E-state index in [4.69, 9.17) is 21.4 Å². The fourth-order valence-electron chi connectivity index (χ4n) is 1.71. The highest BCUT2D eigenvalue weighted by Crippen LogP contribution is 2.24. The van der Waals surface area contributed by atoms with Crippen LogP contribution in [0.15, 0.2) is 0 Å². The SMILES string of the molecule is NCCC1CCC(N)CC1.O=CO. The molecule has 5 N–H and O–H groups in total. The monoisotopic (exact) mass is 188 g/mol. The minimum absolute atomic E-state index is 0.250. The summed E-state index contributed by atoms with van der Waals surface area (Å²) in [5.41, 5.74) is 11.2. The molecule has 1 fully saturated rings. The molecule has 1 rings (SSSR count). The molecule has 0 aromatic carbocycles. The Labute approximate surface area is 79.3 Å². The van der Waals surface area contributed by atoms with E-state index >= 15 is 0 Å². The van der Waals surface area contributed by atoms with Gasteiger partial charge < -0.3 is 16.6 Å². The van der Waals surface area contributed by atoms with Crippen molar-refractivity contribution >= 4 is 6.47 Å². The molecule has 0 atom stereocenters. The van der Waals surface area contributed by atoms with Gasteiger partial charge in [-0.3, -0.25) is 4.79 Å². The Balaban J connectivity index is 0.000000424. The van der Waals surface area contributed by atoms with Gasteiger partial charge in [-0.25, -0.2) is 0 Å². The van der Waals surface area contributed by atoms with Crippen molar-refractivity contribution in [2.24, 2.45) is 17.4 Å². The molecule has 0 aliphatic heterocycles. The van der Waals surface area contributed by atoms with E-state index in [0.717, 1.165) is 12.5 Å². The molecule has 1 saturated carbocycles. The summed E-state index contributed by atoms with van der Waals surface area (Å²) in [5.74, 6) is 0.879. The van der Waals surface area contributed by atoms with Crippen LogP contribution in [-0.4, -0.2) is 24.2 Å². The minimum Gasteiger partial charge on any atom is -0.483 e. The first-order chi connectivity index (χ1) is 6.24. The Kier molecular flexibility index (Phi) is 7.63. The number of hydrogen-bond donors (Lipinski definition) is 3. The molecule has 0 amide bonds. The highest BCUT2D eigenvalue weighted by Gasteiger charge is 2.16. The van der Waals surface area contributed by atoms with E-state index < -0.39 is 0 Å². The van der Waals surface area contributed by atoms with Crippen LogP contribution >= 0.6 is 0 Å². The molecule has 0 radical (unpaired) electrons. The van der Waals surface area contributed by atoms with Crippen molar-refractivity contribution in [2.75, 3.05) is 6.54 Å². The first kappa shape index (κ1) is 12.4. The maximum absolute atomic E-state index is 8.36. The van der Waals surface area contributed by atoms with Gasteiger partial charge in [0.25, 0.3) is 6.47 Å². The first-order valence-corrected chi connectivity index (χ1v) is 4.78. The van der Waals surface area contributed by atoms with Crippen molar-refractivity contribution in [3.05, 3.63) is 0 Å². The van der Waals surface area contributed by atoms with E-state index in [2.05, 4.69) is 0 Å². The van der Waals surface area contributed by atoms with Gasteiger partial charge in [-0.05, 0) is 44.6 Å². The number of rotatable bonds is 2. The molecule has 0 heterocycles. The van der Waals surface area contributed by atoms with Crippen LogP contribution in [0.3, 0.4) is 0 Å². The standard InChI is InChI=1S/C8H18N2.CH2O2/c9-6-5-7-1-3-8(10)4-2-7;2-1-3/h7-8H,1-6,9-10H2;1H,(H,2,3). The second kappa shape index (κ2) is 8.01. The Hall–Kier alpha value is -0.610. The van der Waals surface area contributed by atoms with Gasteiger partial charge in [-0.15, -0.1) is 0 Å². The van der Waals surface area contributed by atoms with Crippen LogP contribution in [-0.2, 0) is 4.79 Å². The van der Waals surface area contributed by atoms with Gasteiger partial charge in [-0.1, -0.05) is 0 Å². The largest absolute Gasteiger partial charge is 0.483 e. The first-order valence-electron chi connectivity index (χ1n) is 4.78. The molecule has 4 nitrogen and oxygen atoms in total. The molecule has 1 aliphatic rings. The van der Waals surface area contributed by atoms with Crippen LogP contribution in [0.5, 0.6) is 0 Å². The van der Waals surface area contributed by atoms with E-state index in [0.29, 0.717) is 6.04 Å². The van der Waals surface area contributed by atoms with Gasteiger partial charge in [0.2, 0.25) is 0 Å². The molecule has 1 aliphatic carbocycles.